The molecule has 1 fully saturated rings. The Morgan fingerprint density at radius 2 is 2.25 bits per heavy atom. The largest absolute Gasteiger partial charge is 0.496 e. The van der Waals surface area contributed by atoms with Crippen LogP contribution in [0.4, 0.5) is 0 Å². The summed E-state index contributed by atoms with van der Waals surface area (Å²) in [5, 5.41) is 3.41. The zero-order valence-electron chi connectivity index (χ0n) is 9.99. The molecular weight excluding hydrogens is 200 g/mol. The van der Waals surface area contributed by atoms with Crippen molar-refractivity contribution >= 4 is 0 Å². The van der Waals surface area contributed by atoms with E-state index in [1.54, 1.807) is 7.11 Å². The molecule has 0 aliphatic carbocycles. The van der Waals surface area contributed by atoms with E-state index in [1.807, 2.05) is 0 Å². The summed E-state index contributed by atoms with van der Waals surface area (Å²) in [7, 11) is 1.71. The standard InChI is InChI=1S/C13H20N2O/c1-9-5-10(3-4-13(9)16-2)12-8-15-7-11(12)6-14/h3-5,11-12,15H,6-8,14H2,1-2H3. The van der Waals surface area contributed by atoms with E-state index in [1.165, 1.54) is 11.1 Å². The molecule has 0 bridgehead atoms. The van der Waals surface area contributed by atoms with E-state index < -0.39 is 0 Å². The lowest BCUT2D eigenvalue weighted by molar-refractivity contribution is 0.411. The molecule has 88 valence electrons. The van der Waals surface area contributed by atoms with Gasteiger partial charge in [0.05, 0.1) is 7.11 Å². The second-order valence-corrected chi connectivity index (χ2v) is 4.49. The summed E-state index contributed by atoms with van der Waals surface area (Å²) in [4.78, 5) is 0. The molecule has 2 unspecified atom stereocenters. The number of ether oxygens (including phenoxy) is 1. The Labute approximate surface area is 97.0 Å². The number of benzene rings is 1. The first-order chi connectivity index (χ1) is 7.76. The highest BCUT2D eigenvalue weighted by molar-refractivity contribution is 5.38. The lowest BCUT2D eigenvalue weighted by Gasteiger charge is -2.18. The maximum Gasteiger partial charge on any atom is 0.121 e. The minimum Gasteiger partial charge on any atom is -0.496 e. The molecule has 1 aliphatic heterocycles. The Bertz CT molecular complexity index is 365. The number of hydrogen-bond acceptors (Lipinski definition) is 3. The summed E-state index contributed by atoms with van der Waals surface area (Å²) in [6.45, 7) is 4.91. The fraction of sp³-hybridized carbons (Fsp3) is 0.538. The predicted octanol–water partition coefficient (Wildman–Crippen LogP) is 1.27. The molecule has 1 aromatic rings. The lowest BCUT2D eigenvalue weighted by atomic mass is 9.88. The number of aryl methyl sites for hydroxylation is 1. The van der Waals surface area contributed by atoms with E-state index in [0.29, 0.717) is 11.8 Å². The number of rotatable bonds is 3. The Morgan fingerprint density at radius 3 is 2.88 bits per heavy atom. The third-order valence-corrected chi connectivity index (χ3v) is 3.49. The van der Waals surface area contributed by atoms with Crippen molar-refractivity contribution in [2.24, 2.45) is 11.7 Å². The van der Waals surface area contributed by atoms with E-state index in [2.05, 4.69) is 30.4 Å². The van der Waals surface area contributed by atoms with Gasteiger partial charge in [0.2, 0.25) is 0 Å². The predicted molar refractivity (Wildman–Crippen MR) is 65.9 cm³/mol. The van der Waals surface area contributed by atoms with Gasteiger partial charge in [0.15, 0.2) is 0 Å². The summed E-state index contributed by atoms with van der Waals surface area (Å²) in [6.07, 6.45) is 0. The number of nitrogens with one attached hydrogen (secondary N) is 1. The van der Waals surface area contributed by atoms with Crippen LogP contribution in [0.3, 0.4) is 0 Å². The molecule has 0 spiro atoms. The van der Waals surface area contributed by atoms with Crippen LogP contribution in [-0.2, 0) is 0 Å². The fourth-order valence-electron chi connectivity index (χ4n) is 2.50. The zero-order chi connectivity index (χ0) is 11.5. The van der Waals surface area contributed by atoms with Crippen molar-refractivity contribution in [2.75, 3.05) is 26.7 Å². The van der Waals surface area contributed by atoms with Gasteiger partial charge in [-0.3, -0.25) is 0 Å². The molecule has 0 amide bonds. The Kier molecular flexibility index (Phi) is 3.46. The molecule has 1 aliphatic rings. The first-order valence-corrected chi connectivity index (χ1v) is 5.81. The van der Waals surface area contributed by atoms with Gasteiger partial charge in [-0.15, -0.1) is 0 Å². The van der Waals surface area contributed by atoms with Gasteiger partial charge < -0.3 is 15.8 Å². The molecule has 16 heavy (non-hydrogen) atoms. The Balaban J connectivity index is 2.23. The average Bonchev–Trinajstić information content (AvgIpc) is 2.77. The summed E-state index contributed by atoms with van der Waals surface area (Å²) < 4.78 is 5.28. The first kappa shape index (κ1) is 11.4. The maximum atomic E-state index is 5.79. The van der Waals surface area contributed by atoms with Crippen LogP contribution in [0.15, 0.2) is 18.2 Å². The van der Waals surface area contributed by atoms with Crippen molar-refractivity contribution in [1.82, 2.24) is 5.32 Å². The van der Waals surface area contributed by atoms with Crippen LogP contribution in [0.1, 0.15) is 17.0 Å². The molecule has 1 heterocycles. The summed E-state index contributed by atoms with van der Waals surface area (Å²) in [5.41, 5.74) is 8.36. The number of hydrogen-bond donors (Lipinski definition) is 2. The van der Waals surface area contributed by atoms with E-state index in [9.17, 15) is 0 Å². The maximum absolute atomic E-state index is 5.79. The Morgan fingerprint density at radius 1 is 1.44 bits per heavy atom. The highest BCUT2D eigenvalue weighted by Gasteiger charge is 2.27. The minimum atomic E-state index is 0.551. The summed E-state index contributed by atoms with van der Waals surface area (Å²) in [5.74, 6) is 2.07. The fourth-order valence-corrected chi connectivity index (χ4v) is 2.50. The van der Waals surface area contributed by atoms with Gasteiger partial charge in [0.25, 0.3) is 0 Å². The molecule has 3 N–H and O–H groups in total. The van der Waals surface area contributed by atoms with Crippen LogP contribution in [0, 0.1) is 12.8 Å². The van der Waals surface area contributed by atoms with Gasteiger partial charge in [-0.25, -0.2) is 0 Å². The van der Waals surface area contributed by atoms with Crippen LogP contribution >= 0.6 is 0 Å². The van der Waals surface area contributed by atoms with Crippen molar-refractivity contribution in [2.45, 2.75) is 12.8 Å². The normalized spacial score (nSPS) is 24.7. The monoisotopic (exact) mass is 220 g/mol. The highest BCUT2D eigenvalue weighted by atomic mass is 16.5. The van der Waals surface area contributed by atoms with Gasteiger partial charge in [-0.1, -0.05) is 12.1 Å². The quantitative estimate of drug-likeness (QED) is 0.806. The number of methoxy groups -OCH3 is 1. The molecule has 1 saturated heterocycles. The minimum absolute atomic E-state index is 0.551. The molecule has 0 radical (unpaired) electrons. The van der Waals surface area contributed by atoms with E-state index in [4.69, 9.17) is 10.5 Å². The molecule has 2 atom stereocenters. The molecule has 3 nitrogen and oxygen atoms in total. The zero-order valence-corrected chi connectivity index (χ0v) is 9.99. The third-order valence-electron chi connectivity index (χ3n) is 3.49. The lowest BCUT2D eigenvalue weighted by Crippen LogP contribution is -2.21. The average molecular weight is 220 g/mol. The molecule has 1 aromatic carbocycles. The van der Waals surface area contributed by atoms with Gasteiger partial charge in [0.1, 0.15) is 5.75 Å². The van der Waals surface area contributed by atoms with Crippen molar-refractivity contribution in [3.8, 4) is 5.75 Å². The van der Waals surface area contributed by atoms with Crippen molar-refractivity contribution in [3.63, 3.8) is 0 Å². The van der Waals surface area contributed by atoms with E-state index >= 15 is 0 Å². The van der Waals surface area contributed by atoms with E-state index in [-0.39, 0.29) is 0 Å². The molecule has 2 rings (SSSR count). The topological polar surface area (TPSA) is 47.3 Å². The van der Waals surface area contributed by atoms with Gasteiger partial charge in [-0.05, 0) is 43.1 Å². The van der Waals surface area contributed by atoms with Gasteiger partial charge in [0, 0.05) is 12.5 Å². The van der Waals surface area contributed by atoms with Gasteiger partial charge in [-0.2, -0.15) is 0 Å². The van der Waals surface area contributed by atoms with Crippen molar-refractivity contribution < 1.29 is 4.74 Å². The molecule has 0 aromatic heterocycles. The van der Waals surface area contributed by atoms with Crippen molar-refractivity contribution in [3.05, 3.63) is 29.3 Å². The van der Waals surface area contributed by atoms with Crippen LogP contribution < -0.4 is 15.8 Å². The molecule has 0 saturated carbocycles. The molecule has 3 heteroatoms. The number of nitrogens with two attached hydrogens (primary N) is 1. The van der Waals surface area contributed by atoms with Crippen molar-refractivity contribution in [1.29, 1.82) is 0 Å². The van der Waals surface area contributed by atoms with Crippen LogP contribution in [0.2, 0.25) is 0 Å². The second-order valence-electron chi connectivity index (χ2n) is 4.49. The van der Waals surface area contributed by atoms with Crippen LogP contribution in [0.5, 0.6) is 5.75 Å². The Hall–Kier alpha value is -1.06. The molecular formula is C13H20N2O. The smallest absolute Gasteiger partial charge is 0.121 e. The summed E-state index contributed by atoms with van der Waals surface area (Å²) >= 11 is 0. The second kappa shape index (κ2) is 4.85. The van der Waals surface area contributed by atoms with E-state index in [0.717, 1.165) is 25.4 Å². The SMILES string of the molecule is COc1ccc(C2CNCC2CN)cc1C. The van der Waals surface area contributed by atoms with Crippen LogP contribution in [0.25, 0.3) is 0 Å². The van der Waals surface area contributed by atoms with Gasteiger partial charge >= 0.3 is 0 Å². The summed E-state index contributed by atoms with van der Waals surface area (Å²) in [6, 6.07) is 6.43. The third kappa shape index (κ3) is 2.06. The first-order valence-electron chi connectivity index (χ1n) is 5.81. The van der Waals surface area contributed by atoms with Crippen LogP contribution in [-0.4, -0.2) is 26.7 Å². The highest BCUT2D eigenvalue weighted by Crippen LogP contribution is 2.30.